The summed E-state index contributed by atoms with van der Waals surface area (Å²) in [5.74, 6) is 0.864. The van der Waals surface area contributed by atoms with Crippen molar-refractivity contribution in [2.75, 3.05) is 0 Å². The molecule has 1 unspecified atom stereocenters. The van der Waals surface area contributed by atoms with Crippen LogP contribution in [0, 0.1) is 0 Å². The topological polar surface area (TPSA) is 29.5 Å². The lowest BCUT2D eigenvalue weighted by molar-refractivity contribution is 0.176. The van der Waals surface area contributed by atoms with Crippen LogP contribution in [0.15, 0.2) is 35.9 Å². The first kappa shape index (κ1) is 14.1. The largest absolute Gasteiger partial charge is 0.491 e. The Hall–Kier alpha value is -1.28. The molecule has 1 atom stereocenters. The minimum atomic E-state index is -0.391. The van der Waals surface area contributed by atoms with Crippen LogP contribution in [0.5, 0.6) is 5.75 Å². The molecule has 0 fully saturated rings. The number of allylic oxidation sites excluding steroid dienone is 1. The maximum atomic E-state index is 10.3. The van der Waals surface area contributed by atoms with Crippen molar-refractivity contribution in [2.24, 2.45) is 0 Å². The first-order valence-corrected chi connectivity index (χ1v) is 7.28. The smallest absolute Gasteiger partial charge is 0.119 e. The zero-order valence-corrected chi connectivity index (χ0v) is 11.9. The Bertz CT molecular complexity index is 417. The molecule has 0 bridgehead atoms. The summed E-state index contributed by atoms with van der Waals surface area (Å²) in [6.45, 7) is 4.02. The second-order valence-electron chi connectivity index (χ2n) is 5.56. The highest BCUT2D eigenvalue weighted by Gasteiger charge is 2.12. The second kappa shape index (κ2) is 6.76. The minimum absolute atomic E-state index is 0.183. The van der Waals surface area contributed by atoms with Gasteiger partial charge < -0.3 is 9.84 Å². The zero-order chi connectivity index (χ0) is 13.7. The molecule has 0 amide bonds. The van der Waals surface area contributed by atoms with E-state index in [9.17, 15) is 5.11 Å². The van der Waals surface area contributed by atoms with Gasteiger partial charge in [-0.05, 0) is 63.6 Å². The van der Waals surface area contributed by atoms with Crippen LogP contribution < -0.4 is 4.74 Å². The van der Waals surface area contributed by atoms with Crippen LogP contribution >= 0.6 is 0 Å². The molecule has 1 N–H and O–H groups in total. The lowest BCUT2D eigenvalue weighted by atomic mass is 9.93. The van der Waals surface area contributed by atoms with Gasteiger partial charge in [0.1, 0.15) is 5.75 Å². The third kappa shape index (κ3) is 4.39. The number of aliphatic hydroxyl groups excluding tert-OH is 1. The van der Waals surface area contributed by atoms with Gasteiger partial charge in [-0.15, -0.1) is 0 Å². The summed E-state index contributed by atoms with van der Waals surface area (Å²) in [6, 6.07) is 7.80. The second-order valence-corrected chi connectivity index (χ2v) is 5.56. The fourth-order valence-electron chi connectivity index (χ4n) is 2.50. The quantitative estimate of drug-likeness (QED) is 0.795. The van der Waals surface area contributed by atoms with E-state index in [0.717, 1.165) is 24.2 Å². The average Bonchev–Trinajstić information content (AvgIpc) is 2.40. The van der Waals surface area contributed by atoms with Crippen LogP contribution in [0.4, 0.5) is 0 Å². The van der Waals surface area contributed by atoms with Crippen molar-refractivity contribution in [1.29, 1.82) is 0 Å². The summed E-state index contributed by atoms with van der Waals surface area (Å²) >= 11 is 0. The Morgan fingerprint density at radius 1 is 1.16 bits per heavy atom. The number of aliphatic hydroxyl groups is 1. The van der Waals surface area contributed by atoms with Gasteiger partial charge in [0.05, 0.1) is 12.2 Å². The van der Waals surface area contributed by atoms with E-state index in [1.165, 1.54) is 24.8 Å². The van der Waals surface area contributed by atoms with Gasteiger partial charge in [-0.2, -0.15) is 0 Å². The monoisotopic (exact) mass is 260 g/mol. The fourth-order valence-corrected chi connectivity index (χ4v) is 2.50. The number of ether oxygens (including phenoxy) is 1. The first-order chi connectivity index (χ1) is 9.15. The van der Waals surface area contributed by atoms with Gasteiger partial charge >= 0.3 is 0 Å². The molecule has 0 aliphatic heterocycles. The average molecular weight is 260 g/mol. The van der Waals surface area contributed by atoms with Crippen LogP contribution in [0.25, 0.3) is 0 Å². The molecule has 1 aliphatic rings. The van der Waals surface area contributed by atoms with Gasteiger partial charge in [0, 0.05) is 0 Å². The summed E-state index contributed by atoms with van der Waals surface area (Å²) < 4.78 is 5.61. The third-order valence-electron chi connectivity index (χ3n) is 3.48. The number of rotatable bonds is 5. The van der Waals surface area contributed by atoms with E-state index in [1.54, 1.807) is 0 Å². The Balaban J connectivity index is 1.95. The number of hydrogen-bond acceptors (Lipinski definition) is 2. The van der Waals surface area contributed by atoms with Crippen LogP contribution in [0.3, 0.4) is 0 Å². The molecule has 19 heavy (non-hydrogen) atoms. The lowest BCUT2D eigenvalue weighted by Gasteiger charge is -2.17. The van der Waals surface area contributed by atoms with Gasteiger partial charge in [0.2, 0.25) is 0 Å². The molecule has 2 heteroatoms. The van der Waals surface area contributed by atoms with Crippen molar-refractivity contribution in [3.63, 3.8) is 0 Å². The van der Waals surface area contributed by atoms with Gasteiger partial charge in [-0.3, -0.25) is 0 Å². The molecule has 2 nitrogen and oxygen atoms in total. The summed E-state index contributed by atoms with van der Waals surface area (Å²) in [5.41, 5.74) is 2.38. The Morgan fingerprint density at radius 2 is 1.89 bits per heavy atom. The van der Waals surface area contributed by atoms with Crippen LogP contribution in [-0.4, -0.2) is 11.2 Å². The van der Waals surface area contributed by atoms with Crippen LogP contribution in [0.2, 0.25) is 0 Å². The molecule has 1 aliphatic carbocycles. The predicted octanol–water partition coefficient (Wildman–Crippen LogP) is 4.40. The van der Waals surface area contributed by atoms with E-state index < -0.39 is 6.10 Å². The van der Waals surface area contributed by atoms with Crippen molar-refractivity contribution in [2.45, 2.75) is 58.2 Å². The van der Waals surface area contributed by atoms with Gasteiger partial charge in [-0.25, -0.2) is 0 Å². The van der Waals surface area contributed by atoms with E-state index in [4.69, 9.17) is 4.74 Å². The summed E-state index contributed by atoms with van der Waals surface area (Å²) in [4.78, 5) is 0. The van der Waals surface area contributed by atoms with Crippen LogP contribution in [-0.2, 0) is 0 Å². The molecule has 1 aromatic carbocycles. The van der Waals surface area contributed by atoms with Crippen molar-refractivity contribution in [3.8, 4) is 5.75 Å². The molecule has 0 heterocycles. The van der Waals surface area contributed by atoms with Gasteiger partial charge in [0.25, 0.3) is 0 Å². The molecular weight excluding hydrogens is 236 g/mol. The van der Waals surface area contributed by atoms with Gasteiger partial charge in [0.15, 0.2) is 0 Å². The van der Waals surface area contributed by atoms with E-state index in [2.05, 4.69) is 6.08 Å². The maximum absolute atomic E-state index is 10.3. The highest BCUT2D eigenvalue weighted by Crippen LogP contribution is 2.28. The molecule has 104 valence electrons. The number of hydrogen-bond donors (Lipinski definition) is 1. The zero-order valence-electron chi connectivity index (χ0n) is 11.9. The molecule has 0 saturated heterocycles. The SMILES string of the molecule is CC(C)Oc1ccc(C(O)CC2=CCCCC2)cc1. The van der Waals surface area contributed by atoms with Gasteiger partial charge in [-0.1, -0.05) is 23.8 Å². The maximum Gasteiger partial charge on any atom is 0.119 e. The molecule has 1 aromatic rings. The Kier molecular flexibility index (Phi) is 5.03. The lowest BCUT2D eigenvalue weighted by Crippen LogP contribution is -2.06. The van der Waals surface area contributed by atoms with Crippen molar-refractivity contribution < 1.29 is 9.84 Å². The highest BCUT2D eigenvalue weighted by molar-refractivity contribution is 5.29. The molecule has 0 spiro atoms. The molecule has 0 saturated carbocycles. The highest BCUT2D eigenvalue weighted by atomic mass is 16.5. The predicted molar refractivity (Wildman–Crippen MR) is 78.3 cm³/mol. The summed E-state index contributed by atoms with van der Waals surface area (Å²) in [6.07, 6.45) is 7.73. The minimum Gasteiger partial charge on any atom is -0.491 e. The van der Waals surface area contributed by atoms with E-state index in [1.807, 2.05) is 38.1 Å². The van der Waals surface area contributed by atoms with Crippen LogP contribution in [0.1, 0.15) is 57.6 Å². The standard InChI is InChI=1S/C17H24O2/c1-13(2)19-16-10-8-15(9-11-16)17(18)12-14-6-4-3-5-7-14/h6,8-11,13,17-18H,3-5,7,12H2,1-2H3. The Labute approximate surface area is 116 Å². The van der Waals surface area contributed by atoms with E-state index in [-0.39, 0.29) is 6.10 Å². The number of benzene rings is 1. The summed E-state index contributed by atoms with van der Waals surface area (Å²) in [7, 11) is 0. The van der Waals surface area contributed by atoms with Crippen molar-refractivity contribution in [1.82, 2.24) is 0 Å². The molecule has 2 rings (SSSR count). The first-order valence-electron chi connectivity index (χ1n) is 7.28. The molecular formula is C17H24O2. The fraction of sp³-hybridized carbons (Fsp3) is 0.529. The Morgan fingerprint density at radius 3 is 2.47 bits per heavy atom. The van der Waals surface area contributed by atoms with Crippen molar-refractivity contribution in [3.05, 3.63) is 41.5 Å². The normalized spacial score (nSPS) is 17.2. The van der Waals surface area contributed by atoms with Crippen molar-refractivity contribution >= 4 is 0 Å². The molecule has 0 radical (unpaired) electrons. The van der Waals surface area contributed by atoms with E-state index in [0.29, 0.717) is 0 Å². The third-order valence-corrected chi connectivity index (χ3v) is 3.48. The summed E-state index contributed by atoms with van der Waals surface area (Å²) in [5, 5.41) is 10.3. The van der Waals surface area contributed by atoms with E-state index >= 15 is 0 Å². The molecule has 0 aromatic heterocycles.